The van der Waals surface area contributed by atoms with Crippen molar-refractivity contribution in [1.82, 2.24) is 25.0 Å². The number of benzene rings is 1. The van der Waals surface area contributed by atoms with E-state index in [4.69, 9.17) is 5.11 Å². The fourth-order valence-corrected chi connectivity index (χ4v) is 3.59. The Morgan fingerprint density at radius 1 is 1.21 bits per heavy atom. The van der Waals surface area contributed by atoms with E-state index in [9.17, 15) is 14.4 Å². The molecule has 0 saturated carbocycles. The molecule has 2 amide bonds. The number of carbonyl (C=O) groups excluding carboxylic acids is 2. The Labute approximate surface area is 166 Å². The lowest BCUT2D eigenvalue weighted by Crippen LogP contribution is -2.44. The average Bonchev–Trinajstić information content (AvgIpc) is 3.39. The van der Waals surface area contributed by atoms with Gasteiger partial charge in [0, 0.05) is 30.2 Å². The van der Waals surface area contributed by atoms with Crippen LogP contribution in [0.25, 0.3) is 10.9 Å². The third-order valence-corrected chi connectivity index (χ3v) is 5.21. The van der Waals surface area contributed by atoms with Gasteiger partial charge < -0.3 is 20.3 Å². The van der Waals surface area contributed by atoms with Gasteiger partial charge in [0.15, 0.2) is 0 Å². The summed E-state index contributed by atoms with van der Waals surface area (Å²) >= 11 is 0. The van der Waals surface area contributed by atoms with Gasteiger partial charge in [0.25, 0.3) is 5.91 Å². The van der Waals surface area contributed by atoms with Crippen molar-refractivity contribution in [2.45, 2.75) is 18.9 Å². The first kappa shape index (κ1) is 18.7. The van der Waals surface area contributed by atoms with E-state index < -0.39 is 5.97 Å². The predicted octanol–water partition coefficient (Wildman–Crippen LogP) is 1.66. The van der Waals surface area contributed by atoms with Crippen LogP contribution >= 0.6 is 0 Å². The highest BCUT2D eigenvalue weighted by Crippen LogP contribution is 2.22. The number of aromatic nitrogens is 3. The summed E-state index contributed by atoms with van der Waals surface area (Å²) < 4.78 is 1.66. The number of rotatable bonds is 5. The minimum atomic E-state index is -1.01. The number of para-hydroxylation sites is 1. The molecule has 150 valence electrons. The van der Waals surface area contributed by atoms with Gasteiger partial charge in [-0.3, -0.25) is 14.3 Å². The van der Waals surface area contributed by atoms with Crippen molar-refractivity contribution in [2.75, 3.05) is 19.6 Å². The monoisotopic (exact) mass is 395 g/mol. The summed E-state index contributed by atoms with van der Waals surface area (Å²) in [5.74, 6) is -1.46. The molecule has 3 aromatic rings. The van der Waals surface area contributed by atoms with Crippen molar-refractivity contribution >= 4 is 28.7 Å². The second kappa shape index (κ2) is 7.78. The van der Waals surface area contributed by atoms with Crippen LogP contribution in [0, 0.1) is 0 Å². The largest absolute Gasteiger partial charge is 0.478 e. The fourth-order valence-electron chi connectivity index (χ4n) is 3.59. The van der Waals surface area contributed by atoms with Crippen LogP contribution < -0.4 is 5.32 Å². The van der Waals surface area contributed by atoms with Gasteiger partial charge in [-0.1, -0.05) is 18.2 Å². The summed E-state index contributed by atoms with van der Waals surface area (Å²) in [4.78, 5) is 40.5. The number of nitrogens with one attached hydrogen (secondary N) is 2. The maximum atomic E-state index is 12.4. The summed E-state index contributed by atoms with van der Waals surface area (Å²) in [5, 5.41) is 16.7. The molecule has 1 aliphatic heterocycles. The average molecular weight is 395 g/mol. The van der Waals surface area contributed by atoms with Crippen molar-refractivity contribution in [3.8, 4) is 0 Å². The van der Waals surface area contributed by atoms with Gasteiger partial charge in [0.2, 0.25) is 5.91 Å². The number of carboxylic acid groups (broad SMARTS) is 1. The summed E-state index contributed by atoms with van der Waals surface area (Å²) in [6.45, 7) is 1.01. The predicted molar refractivity (Wildman–Crippen MR) is 105 cm³/mol. The van der Waals surface area contributed by atoms with E-state index in [0.29, 0.717) is 31.6 Å². The van der Waals surface area contributed by atoms with Gasteiger partial charge in [0.05, 0.1) is 24.3 Å². The Bertz CT molecular complexity index is 1030. The molecule has 1 aromatic carbocycles. The molecular weight excluding hydrogens is 374 g/mol. The number of likely N-dealkylation sites (tertiary alicyclic amines) is 1. The number of amides is 2. The van der Waals surface area contributed by atoms with Crippen LogP contribution in [-0.4, -0.2) is 62.2 Å². The highest BCUT2D eigenvalue weighted by atomic mass is 16.4. The van der Waals surface area contributed by atoms with Crippen LogP contribution in [0.2, 0.25) is 0 Å². The van der Waals surface area contributed by atoms with Gasteiger partial charge in [0.1, 0.15) is 5.69 Å². The molecule has 3 N–H and O–H groups in total. The Balaban J connectivity index is 1.28. The lowest BCUT2D eigenvalue weighted by molar-refractivity contribution is -0.131. The van der Waals surface area contributed by atoms with Gasteiger partial charge in [-0.25, -0.2) is 4.79 Å². The lowest BCUT2D eigenvalue weighted by Gasteiger charge is -2.32. The second-order valence-corrected chi connectivity index (χ2v) is 7.08. The number of hydrogen-bond donors (Lipinski definition) is 3. The molecule has 3 heterocycles. The number of piperidine rings is 1. The Morgan fingerprint density at radius 2 is 1.97 bits per heavy atom. The van der Waals surface area contributed by atoms with Crippen LogP contribution in [0.1, 0.15) is 39.7 Å². The molecule has 29 heavy (non-hydrogen) atoms. The zero-order valence-corrected chi connectivity index (χ0v) is 15.7. The minimum Gasteiger partial charge on any atom is -0.478 e. The number of fused-ring (bicyclic) bond motifs is 1. The first-order chi connectivity index (χ1) is 14.0. The molecule has 2 aromatic heterocycles. The van der Waals surface area contributed by atoms with E-state index in [-0.39, 0.29) is 30.0 Å². The van der Waals surface area contributed by atoms with Crippen molar-refractivity contribution in [2.24, 2.45) is 0 Å². The van der Waals surface area contributed by atoms with Gasteiger partial charge in [-0.05, 0) is 25.0 Å². The van der Waals surface area contributed by atoms with Crippen molar-refractivity contribution < 1.29 is 19.5 Å². The summed E-state index contributed by atoms with van der Waals surface area (Å²) in [5.41, 5.74) is 1.45. The zero-order chi connectivity index (χ0) is 20.4. The molecule has 0 bridgehead atoms. The molecule has 0 atom stereocenters. The Kier molecular flexibility index (Phi) is 5.03. The SMILES string of the molecule is O=C(O)c1cnn(C2CCN(C(=O)CNC(=O)c3cc4ccccc4[nH]3)CC2)c1. The Hall–Kier alpha value is -3.62. The van der Waals surface area contributed by atoms with E-state index in [2.05, 4.69) is 15.4 Å². The fraction of sp³-hybridized carbons (Fsp3) is 0.300. The Morgan fingerprint density at radius 3 is 2.66 bits per heavy atom. The normalized spacial score (nSPS) is 14.8. The van der Waals surface area contributed by atoms with Crippen LogP contribution in [0.15, 0.2) is 42.7 Å². The molecule has 0 unspecified atom stereocenters. The quantitative estimate of drug-likeness (QED) is 0.607. The molecule has 9 heteroatoms. The van der Waals surface area contributed by atoms with Crippen LogP contribution in [0.5, 0.6) is 0 Å². The lowest BCUT2D eigenvalue weighted by atomic mass is 10.1. The second-order valence-electron chi connectivity index (χ2n) is 7.08. The minimum absolute atomic E-state index is 0.0630. The van der Waals surface area contributed by atoms with Crippen LogP contribution in [0.4, 0.5) is 0 Å². The molecule has 4 rings (SSSR count). The van der Waals surface area contributed by atoms with Crippen LogP contribution in [-0.2, 0) is 4.79 Å². The first-order valence-electron chi connectivity index (χ1n) is 9.42. The molecule has 9 nitrogen and oxygen atoms in total. The smallest absolute Gasteiger partial charge is 0.338 e. The molecule has 1 aliphatic rings. The molecule has 1 fully saturated rings. The van der Waals surface area contributed by atoms with Crippen molar-refractivity contribution in [3.63, 3.8) is 0 Å². The van der Waals surface area contributed by atoms with E-state index in [0.717, 1.165) is 10.9 Å². The number of aromatic amines is 1. The number of nitrogens with zero attached hydrogens (tertiary/aromatic N) is 3. The summed E-state index contributed by atoms with van der Waals surface area (Å²) in [6, 6.07) is 9.41. The number of hydrogen-bond acceptors (Lipinski definition) is 4. The maximum Gasteiger partial charge on any atom is 0.338 e. The van der Waals surface area contributed by atoms with E-state index in [1.807, 2.05) is 24.3 Å². The van der Waals surface area contributed by atoms with Crippen molar-refractivity contribution in [3.05, 3.63) is 54.0 Å². The standard InChI is InChI=1S/C20H21N5O4/c26-18(11-21-19(27)17-9-13-3-1-2-4-16(13)23-17)24-7-5-15(6-8-24)25-12-14(10-22-25)20(28)29/h1-4,9-10,12,15,23H,5-8,11H2,(H,21,27)(H,28,29). The van der Waals surface area contributed by atoms with Gasteiger partial charge in [-0.15, -0.1) is 0 Å². The highest BCUT2D eigenvalue weighted by molar-refractivity contribution is 5.99. The zero-order valence-electron chi connectivity index (χ0n) is 15.7. The van der Waals surface area contributed by atoms with Crippen LogP contribution in [0.3, 0.4) is 0 Å². The van der Waals surface area contributed by atoms with E-state index in [1.54, 1.807) is 15.6 Å². The highest BCUT2D eigenvalue weighted by Gasteiger charge is 2.25. The van der Waals surface area contributed by atoms with Gasteiger partial charge in [-0.2, -0.15) is 5.10 Å². The number of aromatic carboxylic acids is 1. The number of carboxylic acids is 1. The maximum absolute atomic E-state index is 12.4. The van der Waals surface area contributed by atoms with Gasteiger partial charge >= 0.3 is 5.97 Å². The molecule has 0 aliphatic carbocycles. The molecule has 0 spiro atoms. The third-order valence-electron chi connectivity index (χ3n) is 5.21. The number of H-pyrrole nitrogens is 1. The molecular formula is C20H21N5O4. The third kappa shape index (κ3) is 3.98. The first-order valence-corrected chi connectivity index (χ1v) is 9.42. The van der Waals surface area contributed by atoms with E-state index in [1.165, 1.54) is 12.4 Å². The van der Waals surface area contributed by atoms with E-state index >= 15 is 0 Å². The summed E-state index contributed by atoms with van der Waals surface area (Å²) in [7, 11) is 0. The molecule has 1 saturated heterocycles. The molecule has 0 radical (unpaired) electrons. The number of carbonyl (C=O) groups is 3. The topological polar surface area (TPSA) is 120 Å². The van der Waals surface area contributed by atoms with Crippen molar-refractivity contribution in [1.29, 1.82) is 0 Å². The summed E-state index contributed by atoms with van der Waals surface area (Å²) in [6.07, 6.45) is 4.22.